The molecule has 1 saturated heterocycles. The SMILES string of the molecule is CC(Sc1nnc(N2CCOCC2)n1-c1ccccc1)C(=O)N(C)C. The van der Waals surface area contributed by atoms with E-state index in [1.54, 1.807) is 19.0 Å². The van der Waals surface area contributed by atoms with Gasteiger partial charge in [0.15, 0.2) is 5.16 Å². The Labute approximate surface area is 152 Å². The minimum absolute atomic E-state index is 0.0561. The number of rotatable bonds is 5. The molecule has 1 aromatic heterocycles. The van der Waals surface area contributed by atoms with Gasteiger partial charge >= 0.3 is 0 Å². The van der Waals surface area contributed by atoms with Gasteiger partial charge in [0.2, 0.25) is 11.9 Å². The fourth-order valence-electron chi connectivity index (χ4n) is 2.68. The maximum atomic E-state index is 12.2. The molecule has 25 heavy (non-hydrogen) atoms. The lowest BCUT2D eigenvalue weighted by Gasteiger charge is -2.28. The average molecular weight is 361 g/mol. The van der Waals surface area contributed by atoms with Gasteiger partial charge in [0.05, 0.1) is 24.2 Å². The number of benzene rings is 1. The average Bonchev–Trinajstić information content (AvgIpc) is 3.05. The van der Waals surface area contributed by atoms with Crippen LogP contribution >= 0.6 is 11.8 Å². The van der Waals surface area contributed by atoms with Crippen LogP contribution in [0.5, 0.6) is 0 Å². The molecular formula is C17H23N5O2S. The maximum absolute atomic E-state index is 12.2. The number of para-hydroxylation sites is 1. The Morgan fingerprint density at radius 2 is 1.88 bits per heavy atom. The fourth-order valence-corrected chi connectivity index (χ4v) is 3.69. The first-order valence-corrected chi connectivity index (χ1v) is 9.17. The maximum Gasteiger partial charge on any atom is 0.235 e. The Kier molecular flexibility index (Phi) is 5.60. The molecule has 1 aliphatic heterocycles. The molecule has 7 nitrogen and oxygen atoms in total. The number of aromatic nitrogens is 3. The smallest absolute Gasteiger partial charge is 0.235 e. The Hall–Kier alpha value is -2.06. The number of ether oxygens (including phenoxy) is 1. The number of hydrogen-bond acceptors (Lipinski definition) is 6. The summed E-state index contributed by atoms with van der Waals surface area (Å²) in [4.78, 5) is 16.0. The molecule has 1 fully saturated rings. The largest absolute Gasteiger partial charge is 0.378 e. The van der Waals surface area contributed by atoms with Crippen LogP contribution in [0, 0.1) is 0 Å². The molecule has 1 atom stereocenters. The monoisotopic (exact) mass is 361 g/mol. The van der Waals surface area contributed by atoms with E-state index >= 15 is 0 Å². The summed E-state index contributed by atoms with van der Waals surface area (Å²) >= 11 is 1.43. The van der Waals surface area contributed by atoms with Crippen LogP contribution in [0.3, 0.4) is 0 Å². The highest BCUT2D eigenvalue weighted by Gasteiger charge is 2.25. The third-order valence-corrected chi connectivity index (χ3v) is 5.03. The molecular weight excluding hydrogens is 338 g/mol. The molecule has 0 aliphatic carbocycles. The van der Waals surface area contributed by atoms with Crippen LogP contribution in [0.1, 0.15) is 6.92 Å². The van der Waals surface area contributed by atoms with E-state index in [0.29, 0.717) is 13.2 Å². The van der Waals surface area contributed by atoms with E-state index in [9.17, 15) is 4.79 Å². The van der Waals surface area contributed by atoms with E-state index in [1.165, 1.54) is 11.8 Å². The van der Waals surface area contributed by atoms with Crippen molar-refractivity contribution in [3.63, 3.8) is 0 Å². The summed E-state index contributed by atoms with van der Waals surface area (Å²) < 4.78 is 7.46. The standard InChI is InChI=1S/C17H23N5O2S/c1-13(15(23)20(2)3)25-17-19-18-16(21-9-11-24-12-10-21)22(17)14-7-5-4-6-8-14/h4-8,13H,9-12H2,1-3H3. The van der Waals surface area contributed by atoms with Crippen molar-refractivity contribution < 1.29 is 9.53 Å². The van der Waals surface area contributed by atoms with Crippen LogP contribution < -0.4 is 4.90 Å². The van der Waals surface area contributed by atoms with E-state index in [1.807, 2.05) is 41.8 Å². The second-order valence-corrected chi connectivity index (χ2v) is 7.35. The van der Waals surface area contributed by atoms with Gasteiger partial charge in [-0.05, 0) is 19.1 Å². The quantitative estimate of drug-likeness (QED) is 0.755. The predicted octanol–water partition coefficient (Wildman–Crippen LogP) is 1.67. The Bertz CT molecular complexity index is 713. The molecule has 0 bridgehead atoms. The van der Waals surface area contributed by atoms with Crippen LogP contribution in [0.15, 0.2) is 35.5 Å². The molecule has 0 radical (unpaired) electrons. The minimum atomic E-state index is -0.237. The highest BCUT2D eigenvalue weighted by Crippen LogP contribution is 2.30. The number of thioether (sulfide) groups is 1. The molecule has 0 N–H and O–H groups in total. The highest BCUT2D eigenvalue weighted by molar-refractivity contribution is 8.00. The summed E-state index contributed by atoms with van der Waals surface area (Å²) in [6.45, 7) is 4.81. The Morgan fingerprint density at radius 1 is 1.20 bits per heavy atom. The highest BCUT2D eigenvalue weighted by atomic mass is 32.2. The number of amides is 1. The van der Waals surface area contributed by atoms with E-state index in [-0.39, 0.29) is 11.2 Å². The molecule has 1 aromatic carbocycles. The van der Waals surface area contributed by atoms with Crippen LogP contribution in [-0.2, 0) is 9.53 Å². The molecule has 1 aliphatic rings. The van der Waals surface area contributed by atoms with Crippen molar-refractivity contribution in [2.45, 2.75) is 17.3 Å². The molecule has 1 unspecified atom stereocenters. The first-order chi connectivity index (χ1) is 12.1. The van der Waals surface area contributed by atoms with Crippen molar-refractivity contribution >= 4 is 23.6 Å². The van der Waals surface area contributed by atoms with Crippen LogP contribution in [0.4, 0.5) is 5.95 Å². The van der Waals surface area contributed by atoms with Crippen molar-refractivity contribution in [1.29, 1.82) is 0 Å². The third-order valence-electron chi connectivity index (χ3n) is 4.00. The number of morpholine rings is 1. The number of hydrogen-bond donors (Lipinski definition) is 0. The fraction of sp³-hybridized carbons (Fsp3) is 0.471. The van der Waals surface area contributed by atoms with Crippen molar-refractivity contribution in [1.82, 2.24) is 19.7 Å². The van der Waals surface area contributed by atoms with Crippen molar-refractivity contribution in [2.24, 2.45) is 0 Å². The van der Waals surface area contributed by atoms with Gasteiger partial charge in [-0.2, -0.15) is 0 Å². The van der Waals surface area contributed by atoms with Crippen molar-refractivity contribution in [3.05, 3.63) is 30.3 Å². The van der Waals surface area contributed by atoms with Crippen molar-refractivity contribution in [2.75, 3.05) is 45.3 Å². The lowest BCUT2D eigenvalue weighted by molar-refractivity contribution is -0.127. The minimum Gasteiger partial charge on any atom is -0.378 e. The van der Waals surface area contributed by atoms with Gasteiger partial charge < -0.3 is 14.5 Å². The lowest BCUT2D eigenvalue weighted by Crippen LogP contribution is -2.38. The Morgan fingerprint density at radius 3 is 2.52 bits per heavy atom. The molecule has 1 amide bonds. The zero-order chi connectivity index (χ0) is 17.8. The summed E-state index contributed by atoms with van der Waals surface area (Å²) in [5, 5.41) is 9.26. The topological polar surface area (TPSA) is 63.5 Å². The van der Waals surface area contributed by atoms with Gasteiger partial charge in [0.25, 0.3) is 0 Å². The zero-order valence-corrected chi connectivity index (χ0v) is 15.6. The molecule has 8 heteroatoms. The van der Waals surface area contributed by atoms with Crippen LogP contribution in [0.2, 0.25) is 0 Å². The third kappa shape index (κ3) is 3.96. The number of anilines is 1. The number of nitrogens with zero attached hydrogens (tertiary/aromatic N) is 5. The van der Waals surface area contributed by atoms with Crippen LogP contribution in [-0.4, -0.2) is 71.2 Å². The van der Waals surface area contributed by atoms with Gasteiger partial charge in [-0.3, -0.25) is 9.36 Å². The lowest BCUT2D eigenvalue weighted by atomic mass is 10.3. The molecule has 0 saturated carbocycles. The number of carbonyl (C=O) groups excluding carboxylic acids is 1. The van der Waals surface area contributed by atoms with E-state index in [0.717, 1.165) is 29.9 Å². The predicted molar refractivity (Wildman–Crippen MR) is 98.4 cm³/mol. The first kappa shape index (κ1) is 17.8. The molecule has 2 heterocycles. The first-order valence-electron chi connectivity index (χ1n) is 8.29. The van der Waals surface area contributed by atoms with E-state index in [2.05, 4.69) is 15.1 Å². The second kappa shape index (κ2) is 7.88. The Balaban J connectivity index is 1.95. The summed E-state index contributed by atoms with van der Waals surface area (Å²) in [6, 6.07) is 10.0. The molecule has 0 spiro atoms. The normalized spacial score (nSPS) is 15.9. The van der Waals surface area contributed by atoms with Crippen molar-refractivity contribution in [3.8, 4) is 5.69 Å². The second-order valence-electron chi connectivity index (χ2n) is 6.05. The zero-order valence-electron chi connectivity index (χ0n) is 14.8. The molecule has 2 aromatic rings. The van der Waals surface area contributed by atoms with Crippen LogP contribution in [0.25, 0.3) is 5.69 Å². The summed E-state index contributed by atoms with van der Waals surface area (Å²) in [7, 11) is 3.53. The molecule has 3 rings (SSSR count). The summed E-state index contributed by atoms with van der Waals surface area (Å²) in [6.07, 6.45) is 0. The van der Waals surface area contributed by atoms with Gasteiger partial charge in [0, 0.05) is 27.2 Å². The summed E-state index contributed by atoms with van der Waals surface area (Å²) in [5.41, 5.74) is 0.987. The van der Waals surface area contributed by atoms with E-state index in [4.69, 9.17) is 4.74 Å². The molecule has 134 valence electrons. The van der Waals surface area contributed by atoms with Gasteiger partial charge in [0.1, 0.15) is 0 Å². The van der Waals surface area contributed by atoms with Gasteiger partial charge in [-0.15, -0.1) is 10.2 Å². The number of carbonyl (C=O) groups is 1. The summed E-state index contributed by atoms with van der Waals surface area (Å²) in [5.74, 6) is 0.849. The van der Waals surface area contributed by atoms with Gasteiger partial charge in [-0.1, -0.05) is 30.0 Å². The van der Waals surface area contributed by atoms with E-state index < -0.39 is 0 Å². The van der Waals surface area contributed by atoms with Gasteiger partial charge in [-0.25, -0.2) is 0 Å².